The largest absolute Gasteiger partial charge is 0.493 e. The van der Waals surface area contributed by atoms with E-state index in [2.05, 4.69) is 39.8 Å². The van der Waals surface area contributed by atoms with Gasteiger partial charge in [0.2, 0.25) is 0 Å². The minimum absolute atomic E-state index is 0.296. The van der Waals surface area contributed by atoms with Crippen molar-refractivity contribution >= 4 is 0 Å². The van der Waals surface area contributed by atoms with Crippen LogP contribution in [0.2, 0.25) is 0 Å². The van der Waals surface area contributed by atoms with Crippen molar-refractivity contribution in [3.05, 3.63) is 35.7 Å². The van der Waals surface area contributed by atoms with Crippen LogP contribution in [0.4, 0.5) is 0 Å². The van der Waals surface area contributed by atoms with Gasteiger partial charge in [0.1, 0.15) is 5.75 Å². The molecule has 1 aliphatic rings. The van der Waals surface area contributed by atoms with Gasteiger partial charge in [-0.15, -0.1) is 10.2 Å². The van der Waals surface area contributed by atoms with Crippen molar-refractivity contribution in [3.63, 3.8) is 0 Å². The number of hydrogen-bond acceptors (Lipinski definition) is 5. The molecule has 0 fully saturated rings. The lowest BCUT2D eigenvalue weighted by Gasteiger charge is -2.32. The van der Waals surface area contributed by atoms with Gasteiger partial charge in [0.25, 0.3) is 0 Å². The monoisotopic (exact) mass is 287 g/mol. The number of likely N-dealkylation sites (N-methyl/N-ethyl adjacent to an activating group) is 1. The fourth-order valence-electron chi connectivity index (χ4n) is 3.01. The van der Waals surface area contributed by atoms with E-state index in [1.165, 1.54) is 10.4 Å². The maximum Gasteiger partial charge on any atom is 0.176 e. The number of benzene rings is 1. The van der Waals surface area contributed by atoms with Crippen molar-refractivity contribution in [1.29, 1.82) is 0 Å². The summed E-state index contributed by atoms with van der Waals surface area (Å²) in [7, 11) is 1.79. The number of para-hydroxylation sites is 1. The van der Waals surface area contributed by atoms with Gasteiger partial charge in [0.05, 0.1) is 13.7 Å². The van der Waals surface area contributed by atoms with E-state index in [0.29, 0.717) is 12.0 Å². The maximum absolute atomic E-state index is 5.76. The lowest BCUT2D eigenvalue weighted by Crippen LogP contribution is -2.39. The number of ether oxygens (including phenoxy) is 1. The molecule has 112 valence electrons. The molecule has 6 heteroatoms. The maximum atomic E-state index is 5.76. The van der Waals surface area contributed by atoms with Crippen LogP contribution in [0.25, 0.3) is 0 Å². The SMILES string of the molecule is CCNC(Cc1nnn(C)n1)C1CCOc2ccccc21. The lowest BCUT2D eigenvalue weighted by molar-refractivity contribution is 0.244. The summed E-state index contributed by atoms with van der Waals surface area (Å²) >= 11 is 0. The van der Waals surface area contributed by atoms with Gasteiger partial charge in [-0.05, 0) is 29.8 Å². The van der Waals surface area contributed by atoms with Gasteiger partial charge in [-0.2, -0.15) is 4.80 Å². The van der Waals surface area contributed by atoms with Crippen LogP contribution in [0.5, 0.6) is 5.75 Å². The third-order valence-electron chi connectivity index (χ3n) is 3.91. The summed E-state index contributed by atoms with van der Waals surface area (Å²) < 4.78 is 5.76. The molecule has 0 saturated carbocycles. The molecule has 2 heterocycles. The third kappa shape index (κ3) is 3.05. The Labute approximate surface area is 124 Å². The fraction of sp³-hybridized carbons (Fsp3) is 0.533. The van der Waals surface area contributed by atoms with Crippen LogP contribution in [0.3, 0.4) is 0 Å². The second-order valence-corrected chi connectivity index (χ2v) is 5.34. The Morgan fingerprint density at radius 1 is 1.43 bits per heavy atom. The Bertz CT molecular complexity index is 597. The molecule has 21 heavy (non-hydrogen) atoms. The molecule has 1 aliphatic heterocycles. The quantitative estimate of drug-likeness (QED) is 0.898. The summed E-state index contributed by atoms with van der Waals surface area (Å²) in [6.07, 6.45) is 1.79. The summed E-state index contributed by atoms with van der Waals surface area (Å²) in [6, 6.07) is 8.60. The van der Waals surface area contributed by atoms with Crippen molar-refractivity contribution in [1.82, 2.24) is 25.5 Å². The average molecular weight is 287 g/mol. The van der Waals surface area contributed by atoms with Gasteiger partial charge in [-0.1, -0.05) is 25.1 Å². The lowest BCUT2D eigenvalue weighted by atomic mass is 9.85. The summed E-state index contributed by atoms with van der Waals surface area (Å²) in [5.41, 5.74) is 1.28. The van der Waals surface area contributed by atoms with Gasteiger partial charge in [-0.3, -0.25) is 0 Å². The molecule has 1 aromatic heterocycles. The van der Waals surface area contributed by atoms with Crippen LogP contribution in [-0.4, -0.2) is 39.4 Å². The molecule has 0 bridgehead atoms. The zero-order valence-electron chi connectivity index (χ0n) is 12.5. The Kier molecular flexibility index (Phi) is 4.15. The van der Waals surface area contributed by atoms with Gasteiger partial charge in [0.15, 0.2) is 5.82 Å². The van der Waals surface area contributed by atoms with Gasteiger partial charge < -0.3 is 10.1 Å². The smallest absolute Gasteiger partial charge is 0.176 e. The molecule has 2 unspecified atom stereocenters. The van der Waals surface area contributed by atoms with E-state index in [9.17, 15) is 0 Å². The van der Waals surface area contributed by atoms with Gasteiger partial charge >= 0.3 is 0 Å². The molecule has 3 rings (SSSR count). The Balaban J connectivity index is 1.84. The Morgan fingerprint density at radius 3 is 3.05 bits per heavy atom. The van der Waals surface area contributed by atoms with Gasteiger partial charge in [0, 0.05) is 18.4 Å². The van der Waals surface area contributed by atoms with Crippen molar-refractivity contribution < 1.29 is 4.74 Å². The van der Waals surface area contributed by atoms with Crippen LogP contribution < -0.4 is 10.1 Å². The summed E-state index contributed by atoms with van der Waals surface area (Å²) in [5, 5.41) is 15.9. The first-order valence-electron chi connectivity index (χ1n) is 7.46. The predicted molar refractivity (Wildman–Crippen MR) is 79.3 cm³/mol. The summed E-state index contributed by atoms with van der Waals surface area (Å²) in [6.45, 7) is 3.81. The third-order valence-corrected chi connectivity index (χ3v) is 3.91. The van der Waals surface area contributed by atoms with Crippen LogP contribution in [0, 0.1) is 0 Å². The number of aromatic nitrogens is 4. The molecule has 1 aromatic carbocycles. The second kappa shape index (κ2) is 6.22. The highest BCUT2D eigenvalue weighted by Crippen LogP contribution is 2.36. The predicted octanol–water partition coefficient (Wildman–Crippen LogP) is 1.30. The topological polar surface area (TPSA) is 64.9 Å². The minimum atomic E-state index is 0.296. The van der Waals surface area contributed by atoms with E-state index in [-0.39, 0.29) is 0 Å². The normalized spacial score (nSPS) is 18.9. The number of rotatable bonds is 5. The molecule has 0 aliphatic carbocycles. The van der Waals surface area contributed by atoms with Crippen molar-refractivity contribution in [3.8, 4) is 5.75 Å². The van der Waals surface area contributed by atoms with Gasteiger partial charge in [-0.25, -0.2) is 0 Å². The molecule has 1 N–H and O–H groups in total. The first-order chi connectivity index (χ1) is 10.3. The molecular weight excluding hydrogens is 266 g/mol. The number of hydrogen-bond donors (Lipinski definition) is 1. The van der Waals surface area contributed by atoms with Crippen molar-refractivity contribution in [2.75, 3.05) is 13.2 Å². The molecular formula is C15H21N5O. The zero-order valence-corrected chi connectivity index (χ0v) is 12.5. The van der Waals surface area contributed by atoms with Crippen molar-refractivity contribution in [2.24, 2.45) is 7.05 Å². The molecule has 0 amide bonds. The van der Waals surface area contributed by atoms with Crippen LogP contribution in [-0.2, 0) is 13.5 Å². The van der Waals surface area contributed by atoms with E-state index in [1.807, 2.05) is 12.1 Å². The Hall–Kier alpha value is -1.95. The molecule has 0 spiro atoms. The first kappa shape index (κ1) is 14.0. The van der Waals surface area contributed by atoms with Crippen molar-refractivity contribution in [2.45, 2.75) is 31.7 Å². The highest BCUT2D eigenvalue weighted by Gasteiger charge is 2.29. The summed E-state index contributed by atoms with van der Waals surface area (Å²) in [4.78, 5) is 1.51. The molecule has 0 radical (unpaired) electrons. The van der Waals surface area contributed by atoms with E-state index in [4.69, 9.17) is 4.74 Å². The number of tetrazole rings is 1. The Morgan fingerprint density at radius 2 is 2.29 bits per heavy atom. The summed E-state index contributed by atoms with van der Waals surface area (Å²) in [5.74, 6) is 2.20. The van der Waals surface area contributed by atoms with E-state index in [1.54, 1.807) is 7.05 Å². The van der Waals surface area contributed by atoms with E-state index < -0.39 is 0 Å². The number of nitrogens with zero attached hydrogens (tertiary/aromatic N) is 4. The van der Waals surface area contributed by atoms with Crippen LogP contribution >= 0.6 is 0 Å². The molecule has 6 nitrogen and oxygen atoms in total. The first-order valence-corrected chi connectivity index (χ1v) is 7.46. The van der Waals surface area contributed by atoms with Crippen LogP contribution in [0.15, 0.2) is 24.3 Å². The number of fused-ring (bicyclic) bond motifs is 1. The average Bonchev–Trinajstić information content (AvgIpc) is 2.91. The molecule has 2 atom stereocenters. The molecule has 0 saturated heterocycles. The highest BCUT2D eigenvalue weighted by molar-refractivity contribution is 5.38. The fourth-order valence-corrected chi connectivity index (χ4v) is 3.01. The highest BCUT2D eigenvalue weighted by atomic mass is 16.5. The van der Waals surface area contributed by atoms with Crippen LogP contribution in [0.1, 0.15) is 30.7 Å². The number of nitrogens with one attached hydrogen (secondary N) is 1. The van der Waals surface area contributed by atoms with E-state index in [0.717, 1.165) is 37.6 Å². The minimum Gasteiger partial charge on any atom is -0.493 e. The zero-order chi connectivity index (χ0) is 14.7. The number of aryl methyl sites for hydroxylation is 1. The molecule has 2 aromatic rings. The second-order valence-electron chi connectivity index (χ2n) is 5.34. The van der Waals surface area contributed by atoms with E-state index >= 15 is 0 Å². The standard InChI is InChI=1S/C15H21N5O/c1-3-16-13(10-15-17-19-20(2)18-15)11-8-9-21-14-7-5-4-6-12(11)14/h4-7,11,13,16H,3,8-10H2,1-2H3.